The van der Waals surface area contributed by atoms with Crippen molar-refractivity contribution in [1.29, 1.82) is 0 Å². The fourth-order valence-electron chi connectivity index (χ4n) is 1.64. The lowest BCUT2D eigenvalue weighted by molar-refractivity contribution is -0.115. The lowest BCUT2D eigenvalue weighted by atomic mass is 9.97. The molecule has 2 rings (SSSR count). The summed E-state index contributed by atoms with van der Waals surface area (Å²) in [5.41, 5.74) is 0. The molecule has 0 amide bonds. The highest BCUT2D eigenvalue weighted by Gasteiger charge is 2.30. The molecule has 2 atom stereocenters. The summed E-state index contributed by atoms with van der Waals surface area (Å²) in [7, 11) is 0. The highest BCUT2D eigenvalue weighted by atomic mass is 16.5. The second-order valence-electron chi connectivity index (χ2n) is 2.97. The Labute approximate surface area is 59.9 Å². The van der Waals surface area contributed by atoms with Gasteiger partial charge in [0.25, 0.3) is 0 Å². The number of carbonyl (C=O) groups is 1. The smallest absolute Gasteiger partial charge is 0.123 e. The maximum Gasteiger partial charge on any atom is 0.123 e. The van der Waals surface area contributed by atoms with Crippen LogP contribution in [0.1, 0.15) is 12.8 Å². The molecule has 2 aliphatic rings. The van der Waals surface area contributed by atoms with Crippen LogP contribution in [0.15, 0.2) is 12.2 Å². The molecule has 0 spiro atoms. The number of hydrogen-bond acceptors (Lipinski definition) is 2. The maximum absolute atomic E-state index is 10.4. The first-order valence-corrected chi connectivity index (χ1v) is 3.67. The van der Waals surface area contributed by atoms with Gasteiger partial charge in [-0.15, -0.1) is 0 Å². The van der Waals surface area contributed by atoms with Crippen molar-refractivity contribution in [3.63, 3.8) is 0 Å². The third-order valence-electron chi connectivity index (χ3n) is 2.15. The Morgan fingerprint density at radius 1 is 1.30 bits per heavy atom. The zero-order valence-corrected chi connectivity index (χ0v) is 5.69. The van der Waals surface area contributed by atoms with Crippen LogP contribution in [0.4, 0.5) is 0 Å². The summed E-state index contributed by atoms with van der Waals surface area (Å²) in [4.78, 5) is 10.4. The van der Waals surface area contributed by atoms with Gasteiger partial charge in [-0.3, -0.25) is 0 Å². The number of hydrogen-bond donors (Lipinski definition) is 0. The fourth-order valence-corrected chi connectivity index (χ4v) is 1.64. The van der Waals surface area contributed by atoms with Gasteiger partial charge in [0, 0.05) is 5.92 Å². The molecular formula is C8H10O2. The van der Waals surface area contributed by atoms with Crippen LogP contribution in [-0.4, -0.2) is 18.5 Å². The molecule has 2 heterocycles. The van der Waals surface area contributed by atoms with E-state index >= 15 is 0 Å². The molecule has 0 aliphatic carbocycles. The largest absolute Gasteiger partial charge is 0.367 e. The van der Waals surface area contributed by atoms with E-state index in [1.165, 1.54) is 0 Å². The van der Waals surface area contributed by atoms with Gasteiger partial charge in [-0.25, -0.2) is 0 Å². The molecule has 0 radical (unpaired) electrons. The molecule has 1 fully saturated rings. The minimum atomic E-state index is 0.231. The van der Waals surface area contributed by atoms with Crippen molar-refractivity contribution in [1.82, 2.24) is 0 Å². The van der Waals surface area contributed by atoms with Gasteiger partial charge in [0.2, 0.25) is 0 Å². The molecule has 0 saturated carbocycles. The number of carbonyl (C=O) groups excluding carboxylic acids is 1. The molecule has 10 heavy (non-hydrogen) atoms. The van der Waals surface area contributed by atoms with Gasteiger partial charge in [0.05, 0.1) is 12.2 Å². The minimum absolute atomic E-state index is 0.231. The average molecular weight is 138 g/mol. The number of ether oxygens (including phenoxy) is 1. The molecule has 2 aliphatic heterocycles. The van der Waals surface area contributed by atoms with Crippen LogP contribution in [0, 0.1) is 5.92 Å². The van der Waals surface area contributed by atoms with Crippen LogP contribution in [0.25, 0.3) is 0 Å². The van der Waals surface area contributed by atoms with E-state index in [1.807, 2.05) is 0 Å². The SMILES string of the molecule is O=CC1CC2C=CC(C1)O2. The molecule has 2 heteroatoms. The average Bonchev–Trinajstić information content (AvgIpc) is 2.30. The van der Waals surface area contributed by atoms with E-state index < -0.39 is 0 Å². The summed E-state index contributed by atoms with van der Waals surface area (Å²) in [6.07, 6.45) is 7.41. The first kappa shape index (κ1) is 6.10. The van der Waals surface area contributed by atoms with Crippen molar-refractivity contribution in [3.8, 4) is 0 Å². The summed E-state index contributed by atoms with van der Waals surface area (Å²) in [5.74, 6) is 0.235. The van der Waals surface area contributed by atoms with E-state index in [-0.39, 0.29) is 18.1 Å². The lowest BCUT2D eigenvalue weighted by Gasteiger charge is -2.24. The summed E-state index contributed by atoms with van der Waals surface area (Å²) in [6, 6.07) is 0. The molecule has 0 aromatic rings. The van der Waals surface area contributed by atoms with Gasteiger partial charge in [-0.1, -0.05) is 12.2 Å². The first-order valence-electron chi connectivity index (χ1n) is 3.67. The normalized spacial score (nSPS) is 43.8. The third-order valence-corrected chi connectivity index (χ3v) is 2.15. The Balaban J connectivity index is 2.07. The van der Waals surface area contributed by atoms with Crippen LogP contribution >= 0.6 is 0 Å². The Hall–Kier alpha value is -0.630. The van der Waals surface area contributed by atoms with Gasteiger partial charge in [-0.2, -0.15) is 0 Å². The molecule has 0 aromatic carbocycles. The van der Waals surface area contributed by atoms with Gasteiger partial charge < -0.3 is 9.53 Å². The van der Waals surface area contributed by atoms with Crippen LogP contribution in [0.5, 0.6) is 0 Å². The Morgan fingerprint density at radius 3 is 2.40 bits per heavy atom. The van der Waals surface area contributed by atoms with Crippen LogP contribution in [0.2, 0.25) is 0 Å². The molecule has 54 valence electrons. The number of rotatable bonds is 1. The minimum Gasteiger partial charge on any atom is -0.367 e. The van der Waals surface area contributed by atoms with Gasteiger partial charge in [-0.05, 0) is 12.8 Å². The van der Waals surface area contributed by atoms with Crippen molar-refractivity contribution in [2.45, 2.75) is 25.0 Å². The van der Waals surface area contributed by atoms with Crippen molar-refractivity contribution in [3.05, 3.63) is 12.2 Å². The van der Waals surface area contributed by atoms with Gasteiger partial charge >= 0.3 is 0 Å². The second kappa shape index (κ2) is 2.20. The monoisotopic (exact) mass is 138 g/mol. The van der Waals surface area contributed by atoms with Gasteiger partial charge in [0.15, 0.2) is 0 Å². The number of aldehydes is 1. The van der Waals surface area contributed by atoms with E-state index in [9.17, 15) is 4.79 Å². The predicted octanol–water partition coefficient (Wildman–Crippen LogP) is 0.919. The standard InChI is InChI=1S/C8H10O2/c9-5-6-3-7-1-2-8(4-6)10-7/h1-2,5-8H,3-4H2. The predicted molar refractivity (Wildman–Crippen MR) is 36.6 cm³/mol. The van der Waals surface area contributed by atoms with Crippen molar-refractivity contribution in [2.24, 2.45) is 5.92 Å². The fraction of sp³-hybridized carbons (Fsp3) is 0.625. The Morgan fingerprint density at radius 2 is 1.90 bits per heavy atom. The summed E-state index contributed by atoms with van der Waals surface area (Å²) < 4.78 is 5.46. The van der Waals surface area contributed by atoms with Crippen molar-refractivity contribution >= 4 is 6.29 Å². The highest BCUT2D eigenvalue weighted by Crippen LogP contribution is 2.29. The molecule has 2 nitrogen and oxygen atoms in total. The van der Waals surface area contributed by atoms with Crippen molar-refractivity contribution in [2.75, 3.05) is 0 Å². The van der Waals surface area contributed by atoms with E-state index in [2.05, 4.69) is 12.2 Å². The molecule has 1 saturated heterocycles. The highest BCUT2D eigenvalue weighted by molar-refractivity contribution is 5.54. The molecule has 0 aromatic heterocycles. The molecule has 0 N–H and O–H groups in total. The number of fused-ring (bicyclic) bond motifs is 2. The summed E-state index contributed by atoms with van der Waals surface area (Å²) >= 11 is 0. The topological polar surface area (TPSA) is 26.3 Å². The van der Waals surface area contributed by atoms with E-state index in [1.54, 1.807) is 0 Å². The van der Waals surface area contributed by atoms with Crippen LogP contribution < -0.4 is 0 Å². The Kier molecular flexibility index (Phi) is 1.34. The zero-order chi connectivity index (χ0) is 6.97. The zero-order valence-electron chi connectivity index (χ0n) is 5.69. The van der Waals surface area contributed by atoms with Crippen molar-refractivity contribution < 1.29 is 9.53 Å². The van der Waals surface area contributed by atoms with Gasteiger partial charge in [0.1, 0.15) is 6.29 Å². The van der Waals surface area contributed by atoms with E-state index in [4.69, 9.17) is 4.74 Å². The maximum atomic E-state index is 10.4. The molecule has 2 unspecified atom stereocenters. The summed E-state index contributed by atoms with van der Waals surface area (Å²) in [5, 5.41) is 0. The lowest BCUT2D eigenvalue weighted by Crippen LogP contribution is -2.26. The quantitative estimate of drug-likeness (QED) is 0.398. The third kappa shape index (κ3) is 0.886. The molecular weight excluding hydrogens is 128 g/mol. The Bertz CT molecular complexity index is 160. The van der Waals surface area contributed by atoms with Crippen LogP contribution in [0.3, 0.4) is 0 Å². The second-order valence-corrected chi connectivity index (χ2v) is 2.97. The van der Waals surface area contributed by atoms with E-state index in [0.717, 1.165) is 19.1 Å². The first-order chi connectivity index (χ1) is 4.88. The molecule has 2 bridgehead atoms. The summed E-state index contributed by atoms with van der Waals surface area (Å²) in [6.45, 7) is 0. The van der Waals surface area contributed by atoms with E-state index in [0.29, 0.717) is 0 Å². The van der Waals surface area contributed by atoms with Crippen LogP contribution in [-0.2, 0) is 9.53 Å².